The van der Waals surface area contributed by atoms with Gasteiger partial charge in [-0.25, -0.2) is 4.79 Å². The number of ether oxygens (including phenoxy) is 1. The molecule has 0 bridgehead atoms. The van der Waals surface area contributed by atoms with Crippen LogP contribution < -0.4 is 0 Å². The zero-order chi connectivity index (χ0) is 15.3. The molecule has 0 spiro atoms. The van der Waals surface area contributed by atoms with E-state index in [1.165, 1.54) is 4.90 Å². The quantitative estimate of drug-likeness (QED) is 0.426. The van der Waals surface area contributed by atoms with Gasteiger partial charge in [-0.1, -0.05) is 52.9 Å². The molecule has 0 amide bonds. The van der Waals surface area contributed by atoms with Crippen molar-refractivity contribution < 1.29 is 22.7 Å². The summed E-state index contributed by atoms with van der Waals surface area (Å²) in [5.74, 6) is -1.91. The second kappa shape index (κ2) is 5.12. The molecule has 1 aromatic carbocycles. The molecule has 3 atom stereocenters. The Bertz CT molecular complexity index is 551. The third kappa shape index (κ3) is 2.00. The lowest BCUT2D eigenvalue weighted by Gasteiger charge is -2.61. The number of alkyl halides is 4. The van der Waals surface area contributed by atoms with E-state index in [9.17, 15) is 18.0 Å². The number of hydrogen-bond acceptors (Lipinski definition) is 3. The van der Waals surface area contributed by atoms with Gasteiger partial charge in [0.05, 0.1) is 6.04 Å². The summed E-state index contributed by atoms with van der Waals surface area (Å²) in [4.78, 5) is 13.2. The predicted octanol–water partition coefficient (Wildman–Crippen LogP) is 2.95. The Labute approximate surface area is 133 Å². The zero-order valence-corrected chi connectivity index (χ0v) is 13.1. The first kappa shape index (κ1) is 15.1. The minimum atomic E-state index is -4.63. The molecular weight excluding hydrogens is 398 g/mol. The summed E-state index contributed by atoms with van der Waals surface area (Å²) in [5.41, 5.74) is -1.74. The monoisotopic (exact) mass is 411 g/mol. The van der Waals surface area contributed by atoms with Crippen LogP contribution in [0.1, 0.15) is 11.6 Å². The van der Waals surface area contributed by atoms with E-state index in [1.54, 1.807) is 30.3 Å². The third-order valence-corrected chi connectivity index (χ3v) is 5.39. The number of carbonyl (C=O) groups excluding carboxylic acids is 1. The van der Waals surface area contributed by atoms with Crippen LogP contribution in [0.15, 0.2) is 30.3 Å². The minimum absolute atomic E-state index is 0.0331. The number of fused-ring (bicyclic) bond motifs is 1. The van der Waals surface area contributed by atoms with Crippen LogP contribution in [0, 0.1) is 5.92 Å². The van der Waals surface area contributed by atoms with E-state index in [0.29, 0.717) is 0 Å². The van der Waals surface area contributed by atoms with Crippen LogP contribution >= 0.6 is 22.6 Å². The van der Waals surface area contributed by atoms with Gasteiger partial charge in [0.2, 0.25) is 5.54 Å². The summed E-state index contributed by atoms with van der Waals surface area (Å²) in [6.45, 7) is 0.228. The summed E-state index contributed by atoms with van der Waals surface area (Å²) >= 11 is 1.90. The van der Waals surface area contributed by atoms with Gasteiger partial charge in [-0.3, -0.25) is 4.90 Å². The van der Waals surface area contributed by atoms with Gasteiger partial charge >= 0.3 is 12.1 Å². The Morgan fingerprint density at radius 1 is 1.33 bits per heavy atom. The van der Waals surface area contributed by atoms with Gasteiger partial charge in [-0.2, -0.15) is 13.2 Å². The standard InChI is InChI=1S/C14H13F3INO2/c15-14(16,17)13-10(6-18)7-19(13)11(8-21-12(13)20)9-4-2-1-3-5-9/h1-5,10-11H,6-8H2/t10-,11+,13-/m0/s1. The summed E-state index contributed by atoms with van der Waals surface area (Å²) in [6.07, 6.45) is -4.63. The normalized spacial score (nSPS) is 33.0. The Morgan fingerprint density at radius 3 is 2.57 bits per heavy atom. The van der Waals surface area contributed by atoms with Crippen molar-refractivity contribution in [1.29, 1.82) is 0 Å². The molecule has 114 valence electrons. The first-order valence-electron chi connectivity index (χ1n) is 6.54. The molecule has 2 fully saturated rings. The maximum absolute atomic E-state index is 13.7. The number of halogens is 4. The van der Waals surface area contributed by atoms with Crippen molar-refractivity contribution in [1.82, 2.24) is 4.90 Å². The van der Waals surface area contributed by atoms with E-state index >= 15 is 0 Å². The number of cyclic esters (lactones) is 1. The van der Waals surface area contributed by atoms with Crippen LogP contribution in [-0.4, -0.2) is 40.2 Å². The maximum Gasteiger partial charge on any atom is 0.418 e. The average Bonchev–Trinajstić information content (AvgIpc) is 2.40. The molecule has 21 heavy (non-hydrogen) atoms. The molecule has 2 heterocycles. The molecule has 0 aliphatic carbocycles. The minimum Gasteiger partial charge on any atom is -0.462 e. The van der Waals surface area contributed by atoms with Crippen molar-refractivity contribution in [2.24, 2.45) is 5.92 Å². The van der Waals surface area contributed by atoms with Gasteiger partial charge in [-0.15, -0.1) is 0 Å². The molecule has 0 aromatic heterocycles. The van der Waals surface area contributed by atoms with Crippen molar-refractivity contribution in [3.05, 3.63) is 35.9 Å². The molecule has 0 N–H and O–H groups in total. The predicted molar refractivity (Wildman–Crippen MR) is 78.0 cm³/mol. The molecule has 0 saturated carbocycles. The molecule has 3 nitrogen and oxygen atoms in total. The summed E-state index contributed by atoms with van der Waals surface area (Å²) in [7, 11) is 0. The van der Waals surface area contributed by atoms with Crippen LogP contribution in [0.5, 0.6) is 0 Å². The molecule has 3 rings (SSSR count). The van der Waals surface area contributed by atoms with Crippen molar-refractivity contribution in [2.45, 2.75) is 17.8 Å². The molecular formula is C14H13F3INO2. The van der Waals surface area contributed by atoms with Crippen LogP contribution in [0.4, 0.5) is 13.2 Å². The largest absolute Gasteiger partial charge is 0.462 e. The zero-order valence-electron chi connectivity index (χ0n) is 10.9. The van der Waals surface area contributed by atoms with Crippen LogP contribution in [0.3, 0.4) is 0 Å². The molecule has 2 aliphatic heterocycles. The van der Waals surface area contributed by atoms with Gasteiger partial charge in [0, 0.05) is 16.9 Å². The van der Waals surface area contributed by atoms with E-state index in [-0.39, 0.29) is 17.6 Å². The molecule has 0 unspecified atom stereocenters. The van der Waals surface area contributed by atoms with E-state index in [0.717, 1.165) is 5.56 Å². The van der Waals surface area contributed by atoms with Crippen LogP contribution in [0.25, 0.3) is 0 Å². The number of rotatable bonds is 2. The second-order valence-corrected chi connectivity index (χ2v) is 6.17. The van der Waals surface area contributed by atoms with Crippen molar-refractivity contribution in [3.8, 4) is 0 Å². The van der Waals surface area contributed by atoms with Crippen LogP contribution in [0.2, 0.25) is 0 Å². The van der Waals surface area contributed by atoms with E-state index in [4.69, 9.17) is 4.74 Å². The highest BCUT2D eigenvalue weighted by atomic mass is 127. The Hall–Kier alpha value is -0.830. The van der Waals surface area contributed by atoms with E-state index in [2.05, 4.69) is 0 Å². The van der Waals surface area contributed by atoms with E-state index < -0.39 is 29.6 Å². The Kier molecular flexibility index (Phi) is 3.67. The fraction of sp³-hybridized carbons (Fsp3) is 0.500. The number of carbonyl (C=O) groups is 1. The van der Waals surface area contributed by atoms with Gasteiger partial charge in [0.1, 0.15) is 6.61 Å². The number of morpholine rings is 1. The topological polar surface area (TPSA) is 29.5 Å². The molecule has 1 aromatic rings. The van der Waals surface area contributed by atoms with Gasteiger partial charge < -0.3 is 4.74 Å². The van der Waals surface area contributed by atoms with Crippen molar-refractivity contribution in [2.75, 3.05) is 17.6 Å². The molecule has 7 heteroatoms. The van der Waals surface area contributed by atoms with E-state index in [1.807, 2.05) is 22.6 Å². The second-order valence-electron chi connectivity index (χ2n) is 5.29. The SMILES string of the molecule is O=C1OC[C@H](c2ccccc2)N2C[C@H](CI)[C@@]12C(F)(F)F. The van der Waals surface area contributed by atoms with Gasteiger partial charge in [0.15, 0.2) is 0 Å². The molecule has 2 saturated heterocycles. The highest BCUT2D eigenvalue weighted by Gasteiger charge is 2.76. The van der Waals surface area contributed by atoms with Gasteiger partial charge in [-0.05, 0) is 5.56 Å². The Morgan fingerprint density at radius 2 is 2.00 bits per heavy atom. The Balaban J connectivity index is 2.03. The van der Waals surface area contributed by atoms with Crippen LogP contribution in [-0.2, 0) is 9.53 Å². The number of nitrogens with zero attached hydrogens (tertiary/aromatic N) is 1. The fourth-order valence-corrected chi connectivity index (χ4v) is 4.18. The molecule has 2 aliphatic rings. The lowest BCUT2D eigenvalue weighted by Crippen LogP contribution is -2.81. The first-order valence-corrected chi connectivity index (χ1v) is 8.07. The number of esters is 1. The average molecular weight is 411 g/mol. The third-order valence-electron chi connectivity index (χ3n) is 4.32. The maximum atomic E-state index is 13.7. The summed E-state index contributed by atoms with van der Waals surface area (Å²) in [6, 6.07) is 8.35. The van der Waals surface area contributed by atoms with Crippen molar-refractivity contribution >= 4 is 28.6 Å². The highest BCUT2D eigenvalue weighted by molar-refractivity contribution is 14.1. The lowest BCUT2D eigenvalue weighted by atomic mass is 9.71. The molecule has 0 radical (unpaired) electrons. The van der Waals surface area contributed by atoms with Crippen molar-refractivity contribution in [3.63, 3.8) is 0 Å². The summed E-state index contributed by atoms with van der Waals surface area (Å²) in [5, 5.41) is 0. The number of benzene rings is 1. The fourth-order valence-electron chi connectivity index (χ4n) is 3.27. The smallest absolute Gasteiger partial charge is 0.418 e. The highest BCUT2D eigenvalue weighted by Crippen LogP contribution is 2.55. The lowest BCUT2D eigenvalue weighted by molar-refractivity contribution is -0.309. The summed E-state index contributed by atoms with van der Waals surface area (Å²) < 4.78 is 46.2. The van der Waals surface area contributed by atoms with Gasteiger partial charge in [0.25, 0.3) is 0 Å². The first-order chi connectivity index (χ1) is 9.92. The number of hydrogen-bond donors (Lipinski definition) is 0.